The highest BCUT2D eigenvalue weighted by Gasteiger charge is 2.21. The highest BCUT2D eigenvalue weighted by molar-refractivity contribution is 6.04. The Hall–Kier alpha value is -2.13. The number of carbonyl (C=O) groups excluding carboxylic acids is 1. The van der Waals surface area contributed by atoms with Crippen LogP contribution in [-0.4, -0.2) is 23.9 Å². The van der Waals surface area contributed by atoms with Crippen molar-refractivity contribution in [3.63, 3.8) is 0 Å². The van der Waals surface area contributed by atoms with Gasteiger partial charge in [0.1, 0.15) is 0 Å². The first-order chi connectivity index (χ1) is 11.6. The van der Waals surface area contributed by atoms with E-state index >= 15 is 0 Å². The zero-order valence-corrected chi connectivity index (χ0v) is 14.5. The number of anilines is 1. The van der Waals surface area contributed by atoms with Gasteiger partial charge >= 0.3 is 0 Å². The fourth-order valence-corrected chi connectivity index (χ4v) is 3.67. The normalized spacial score (nSPS) is 21.4. The Morgan fingerprint density at radius 2 is 1.62 bits per heavy atom. The van der Waals surface area contributed by atoms with Crippen LogP contribution in [0.1, 0.15) is 36.2 Å². The molecule has 1 aliphatic rings. The van der Waals surface area contributed by atoms with E-state index in [-0.39, 0.29) is 5.91 Å². The number of carbonyl (C=O) groups is 1. The van der Waals surface area contributed by atoms with E-state index in [1.807, 2.05) is 42.5 Å². The van der Waals surface area contributed by atoms with Crippen LogP contribution in [0.15, 0.2) is 54.6 Å². The van der Waals surface area contributed by atoms with Gasteiger partial charge in [-0.2, -0.15) is 0 Å². The molecular formula is C21H26N2O. The summed E-state index contributed by atoms with van der Waals surface area (Å²) < 4.78 is 0. The molecule has 2 aromatic carbocycles. The first-order valence-corrected chi connectivity index (χ1v) is 8.78. The maximum atomic E-state index is 12.3. The number of amides is 1. The Kier molecular flexibility index (Phi) is 5.31. The monoisotopic (exact) mass is 322 g/mol. The molecule has 0 bridgehead atoms. The minimum Gasteiger partial charge on any atom is -0.322 e. The maximum Gasteiger partial charge on any atom is 0.255 e. The van der Waals surface area contributed by atoms with Crippen LogP contribution in [0.25, 0.3) is 0 Å². The minimum absolute atomic E-state index is 0.0621. The molecule has 0 aromatic heterocycles. The largest absolute Gasteiger partial charge is 0.322 e. The van der Waals surface area contributed by atoms with E-state index < -0.39 is 0 Å². The first kappa shape index (κ1) is 16.7. The molecule has 1 N–H and O–H groups in total. The van der Waals surface area contributed by atoms with Gasteiger partial charge in [-0.25, -0.2) is 0 Å². The number of para-hydroxylation sites is 1. The Morgan fingerprint density at radius 1 is 1.00 bits per heavy atom. The second-order valence-corrected chi connectivity index (χ2v) is 7.16. The molecule has 3 nitrogen and oxygen atoms in total. The molecule has 126 valence electrons. The Morgan fingerprint density at radius 3 is 2.25 bits per heavy atom. The van der Waals surface area contributed by atoms with Crippen molar-refractivity contribution >= 4 is 11.6 Å². The molecule has 2 aromatic rings. The van der Waals surface area contributed by atoms with Crippen LogP contribution >= 0.6 is 0 Å². The van der Waals surface area contributed by atoms with Crippen molar-refractivity contribution < 1.29 is 4.79 Å². The van der Waals surface area contributed by atoms with Crippen molar-refractivity contribution in [2.75, 3.05) is 18.4 Å². The molecule has 1 aliphatic heterocycles. The number of piperidine rings is 1. The number of benzene rings is 2. The van der Waals surface area contributed by atoms with Crippen molar-refractivity contribution in [2.24, 2.45) is 11.8 Å². The molecular weight excluding hydrogens is 296 g/mol. The van der Waals surface area contributed by atoms with Crippen LogP contribution in [-0.2, 0) is 6.54 Å². The van der Waals surface area contributed by atoms with E-state index in [4.69, 9.17) is 0 Å². The molecule has 0 aliphatic carbocycles. The van der Waals surface area contributed by atoms with E-state index in [2.05, 4.69) is 36.2 Å². The predicted molar refractivity (Wildman–Crippen MR) is 99.1 cm³/mol. The van der Waals surface area contributed by atoms with Gasteiger partial charge in [-0.15, -0.1) is 0 Å². The third-order valence-electron chi connectivity index (χ3n) is 4.60. The molecule has 2 atom stereocenters. The molecule has 3 rings (SSSR count). The lowest BCUT2D eigenvalue weighted by Crippen LogP contribution is -2.38. The van der Waals surface area contributed by atoms with Crippen LogP contribution in [0.4, 0.5) is 5.69 Å². The van der Waals surface area contributed by atoms with Gasteiger partial charge in [0.15, 0.2) is 0 Å². The summed E-state index contributed by atoms with van der Waals surface area (Å²) in [4.78, 5) is 14.8. The molecule has 1 amide bonds. The van der Waals surface area contributed by atoms with Gasteiger partial charge in [0.25, 0.3) is 5.91 Å². The third-order valence-corrected chi connectivity index (χ3v) is 4.60. The summed E-state index contributed by atoms with van der Waals surface area (Å²) in [5, 5.41) is 2.92. The van der Waals surface area contributed by atoms with Crippen LogP contribution in [0.5, 0.6) is 0 Å². The zero-order valence-electron chi connectivity index (χ0n) is 14.5. The predicted octanol–water partition coefficient (Wildman–Crippen LogP) is 4.42. The van der Waals surface area contributed by atoms with Crippen LogP contribution < -0.4 is 5.32 Å². The van der Waals surface area contributed by atoms with E-state index in [9.17, 15) is 4.79 Å². The Balaban J connectivity index is 1.60. The highest BCUT2D eigenvalue weighted by atomic mass is 16.1. The standard InChI is InChI=1S/C21H26N2O/c1-16-12-17(2)14-23(13-16)15-18-8-10-19(11-9-18)21(24)22-20-6-4-3-5-7-20/h3-11,16-17H,12-15H2,1-2H3,(H,22,24)/t16-,17+. The van der Waals surface area contributed by atoms with Crippen molar-refractivity contribution in [3.8, 4) is 0 Å². The van der Waals surface area contributed by atoms with Crippen LogP contribution in [0, 0.1) is 11.8 Å². The molecule has 0 radical (unpaired) electrons. The number of nitrogens with zero attached hydrogens (tertiary/aromatic N) is 1. The van der Waals surface area contributed by atoms with Gasteiger partial charge in [0.2, 0.25) is 0 Å². The molecule has 0 unspecified atom stereocenters. The summed E-state index contributed by atoms with van der Waals surface area (Å²) in [6.07, 6.45) is 1.33. The second kappa shape index (κ2) is 7.63. The molecule has 1 heterocycles. The number of hydrogen-bond acceptors (Lipinski definition) is 2. The quantitative estimate of drug-likeness (QED) is 0.904. The summed E-state index contributed by atoms with van der Waals surface area (Å²) in [5.74, 6) is 1.47. The molecule has 1 saturated heterocycles. The molecule has 1 fully saturated rings. The fraction of sp³-hybridized carbons (Fsp3) is 0.381. The van der Waals surface area contributed by atoms with Crippen molar-refractivity contribution in [1.29, 1.82) is 0 Å². The lowest BCUT2D eigenvalue weighted by molar-refractivity contribution is 0.102. The van der Waals surface area contributed by atoms with Gasteiger partial charge in [0, 0.05) is 30.9 Å². The van der Waals surface area contributed by atoms with E-state index in [1.165, 1.54) is 25.1 Å². The summed E-state index contributed by atoms with van der Waals surface area (Å²) in [5.41, 5.74) is 2.79. The first-order valence-electron chi connectivity index (χ1n) is 8.78. The lowest BCUT2D eigenvalue weighted by Gasteiger charge is -2.35. The fourth-order valence-electron chi connectivity index (χ4n) is 3.67. The second-order valence-electron chi connectivity index (χ2n) is 7.16. The summed E-state index contributed by atoms with van der Waals surface area (Å²) in [7, 11) is 0. The number of nitrogens with one attached hydrogen (secondary N) is 1. The number of rotatable bonds is 4. The Bertz CT molecular complexity index is 656. The molecule has 0 saturated carbocycles. The topological polar surface area (TPSA) is 32.3 Å². The zero-order chi connectivity index (χ0) is 16.9. The smallest absolute Gasteiger partial charge is 0.255 e. The molecule has 3 heteroatoms. The van der Waals surface area contributed by atoms with Crippen LogP contribution in [0.3, 0.4) is 0 Å². The SMILES string of the molecule is C[C@@H]1C[C@H](C)CN(Cc2ccc(C(=O)Nc3ccccc3)cc2)C1. The van der Waals surface area contributed by atoms with E-state index in [1.54, 1.807) is 0 Å². The van der Waals surface area contributed by atoms with Gasteiger partial charge < -0.3 is 5.32 Å². The number of hydrogen-bond donors (Lipinski definition) is 1. The van der Waals surface area contributed by atoms with E-state index in [0.29, 0.717) is 5.56 Å². The summed E-state index contributed by atoms with van der Waals surface area (Å²) >= 11 is 0. The highest BCUT2D eigenvalue weighted by Crippen LogP contribution is 2.22. The van der Waals surface area contributed by atoms with Gasteiger partial charge in [-0.1, -0.05) is 44.2 Å². The van der Waals surface area contributed by atoms with Crippen molar-refractivity contribution in [1.82, 2.24) is 4.90 Å². The van der Waals surface area contributed by atoms with Crippen LogP contribution in [0.2, 0.25) is 0 Å². The average molecular weight is 322 g/mol. The van der Waals surface area contributed by atoms with Gasteiger partial charge in [-0.05, 0) is 48.1 Å². The van der Waals surface area contributed by atoms with Crippen molar-refractivity contribution in [3.05, 3.63) is 65.7 Å². The van der Waals surface area contributed by atoms with Gasteiger partial charge in [-0.3, -0.25) is 9.69 Å². The molecule has 0 spiro atoms. The number of likely N-dealkylation sites (tertiary alicyclic amines) is 1. The average Bonchev–Trinajstić information content (AvgIpc) is 2.55. The van der Waals surface area contributed by atoms with Crippen molar-refractivity contribution in [2.45, 2.75) is 26.8 Å². The lowest BCUT2D eigenvalue weighted by atomic mass is 9.91. The minimum atomic E-state index is -0.0621. The maximum absolute atomic E-state index is 12.3. The van der Waals surface area contributed by atoms with Gasteiger partial charge in [0.05, 0.1) is 0 Å². The summed E-state index contributed by atoms with van der Waals surface area (Å²) in [6.45, 7) is 7.97. The van der Waals surface area contributed by atoms with E-state index in [0.717, 1.165) is 24.1 Å². The molecule has 24 heavy (non-hydrogen) atoms. The Labute approximate surface area is 144 Å². The summed E-state index contributed by atoms with van der Waals surface area (Å²) in [6, 6.07) is 17.5. The third kappa shape index (κ3) is 4.45.